The molecule has 2 nitrogen and oxygen atoms in total. The van der Waals surface area contributed by atoms with E-state index in [1.807, 2.05) is 18.2 Å². The van der Waals surface area contributed by atoms with E-state index < -0.39 is 0 Å². The smallest absolute Gasteiger partial charge is 0.0679 e. The standard InChI is InChI=1S/C14H17Cl2NO.ClH/c1-18-9-11-3-2-6-17-8-12(11)10-4-5-13(15)14(16)7-10;/h4-5,7,17H,2-3,6,8-9H2,1H3;1H. The van der Waals surface area contributed by atoms with E-state index in [0.717, 1.165) is 31.5 Å². The predicted molar refractivity (Wildman–Crippen MR) is 84.6 cm³/mol. The predicted octanol–water partition coefficient (Wildman–Crippen LogP) is 4.20. The summed E-state index contributed by atoms with van der Waals surface area (Å²) in [5.74, 6) is 0. The number of ether oxygens (including phenoxy) is 1. The van der Waals surface area contributed by atoms with Crippen molar-refractivity contribution < 1.29 is 4.74 Å². The Kier molecular flexibility index (Phi) is 7.19. The minimum Gasteiger partial charge on any atom is -0.380 e. The number of hydrogen-bond acceptors (Lipinski definition) is 2. The summed E-state index contributed by atoms with van der Waals surface area (Å²) in [6, 6.07) is 5.80. The van der Waals surface area contributed by atoms with Crippen molar-refractivity contribution in [1.82, 2.24) is 5.32 Å². The molecule has 0 saturated carbocycles. The van der Waals surface area contributed by atoms with Crippen molar-refractivity contribution in [3.63, 3.8) is 0 Å². The van der Waals surface area contributed by atoms with Gasteiger partial charge in [-0.3, -0.25) is 0 Å². The van der Waals surface area contributed by atoms with E-state index >= 15 is 0 Å². The highest BCUT2D eigenvalue weighted by Gasteiger charge is 2.13. The molecule has 1 aromatic carbocycles. The van der Waals surface area contributed by atoms with Crippen LogP contribution in [0.4, 0.5) is 0 Å². The monoisotopic (exact) mass is 321 g/mol. The fourth-order valence-corrected chi connectivity index (χ4v) is 2.54. The van der Waals surface area contributed by atoms with Crippen LogP contribution in [-0.4, -0.2) is 26.8 Å². The van der Waals surface area contributed by atoms with Crippen LogP contribution in [0.1, 0.15) is 18.4 Å². The van der Waals surface area contributed by atoms with Crippen LogP contribution in [0.3, 0.4) is 0 Å². The summed E-state index contributed by atoms with van der Waals surface area (Å²) in [5.41, 5.74) is 3.76. The molecule has 1 aromatic rings. The summed E-state index contributed by atoms with van der Waals surface area (Å²) in [4.78, 5) is 0. The van der Waals surface area contributed by atoms with Gasteiger partial charge in [0, 0.05) is 13.7 Å². The topological polar surface area (TPSA) is 21.3 Å². The summed E-state index contributed by atoms with van der Waals surface area (Å²) in [6.45, 7) is 2.58. The van der Waals surface area contributed by atoms with Crippen LogP contribution in [-0.2, 0) is 4.74 Å². The third-order valence-corrected chi connectivity index (χ3v) is 3.89. The summed E-state index contributed by atoms with van der Waals surface area (Å²) in [6.07, 6.45) is 2.21. The number of halogens is 3. The average Bonchev–Trinajstić information content (AvgIpc) is 2.59. The number of benzene rings is 1. The van der Waals surface area contributed by atoms with Crippen molar-refractivity contribution in [2.24, 2.45) is 0 Å². The van der Waals surface area contributed by atoms with E-state index in [1.165, 1.54) is 11.1 Å². The van der Waals surface area contributed by atoms with Gasteiger partial charge in [-0.2, -0.15) is 0 Å². The Balaban J connectivity index is 0.00000180. The molecule has 19 heavy (non-hydrogen) atoms. The van der Waals surface area contributed by atoms with Crippen molar-refractivity contribution in [3.05, 3.63) is 39.4 Å². The Morgan fingerprint density at radius 3 is 2.74 bits per heavy atom. The first kappa shape index (κ1) is 16.8. The molecule has 1 heterocycles. The molecule has 1 aliphatic heterocycles. The quantitative estimate of drug-likeness (QED) is 0.900. The van der Waals surface area contributed by atoms with Crippen molar-refractivity contribution >= 4 is 41.2 Å². The summed E-state index contributed by atoms with van der Waals surface area (Å²) in [7, 11) is 1.73. The first-order chi connectivity index (χ1) is 8.72. The Labute approximate surface area is 130 Å². The fraction of sp³-hybridized carbons (Fsp3) is 0.429. The molecule has 0 radical (unpaired) electrons. The van der Waals surface area contributed by atoms with Gasteiger partial charge in [-0.1, -0.05) is 29.3 Å². The second-order valence-electron chi connectivity index (χ2n) is 4.42. The lowest BCUT2D eigenvalue weighted by Gasteiger charge is -2.13. The van der Waals surface area contributed by atoms with E-state index in [4.69, 9.17) is 27.9 Å². The third-order valence-electron chi connectivity index (χ3n) is 3.15. The maximum absolute atomic E-state index is 6.09. The molecule has 0 saturated heterocycles. The van der Waals surface area contributed by atoms with Gasteiger partial charge in [-0.05, 0) is 48.2 Å². The largest absolute Gasteiger partial charge is 0.380 e. The Morgan fingerprint density at radius 2 is 2.05 bits per heavy atom. The lowest BCUT2D eigenvalue weighted by atomic mass is 9.98. The molecule has 0 aliphatic carbocycles. The lowest BCUT2D eigenvalue weighted by Crippen LogP contribution is -2.16. The first-order valence-corrected chi connectivity index (χ1v) is 6.84. The molecule has 0 unspecified atom stereocenters. The molecular weight excluding hydrogens is 305 g/mol. The van der Waals surface area contributed by atoms with Crippen LogP contribution in [0.15, 0.2) is 23.8 Å². The SMILES string of the molecule is COCC1=C(c2ccc(Cl)c(Cl)c2)CNCCC1.Cl. The van der Waals surface area contributed by atoms with E-state index in [9.17, 15) is 0 Å². The highest BCUT2D eigenvalue weighted by atomic mass is 35.5. The second-order valence-corrected chi connectivity index (χ2v) is 5.24. The number of hydrogen-bond donors (Lipinski definition) is 1. The van der Waals surface area contributed by atoms with Gasteiger partial charge in [0.1, 0.15) is 0 Å². The van der Waals surface area contributed by atoms with Crippen molar-refractivity contribution in [1.29, 1.82) is 0 Å². The first-order valence-electron chi connectivity index (χ1n) is 6.08. The number of nitrogens with one attached hydrogen (secondary N) is 1. The van der Waals surface area contributed by atoms with Gasteiger partial charge in [-0.15, -0.1) is 12.4 Å². The van der Waals surface area contributed by atoms with Crippen LogP contribution in [0.2, 0.25) is 10.0 Å². The van der Waals surface area contributed by atoms with Gasteiger partial charge in [0.25, 0.3) is 0 Å². The van der Waals surface area contributed by atoms with Crippen molar-refractivity contribution in [2.45, 2.75) is 12.8 Å². The van der Waals surface area contributed by atoms with E-state index in [2.05, 4.69) is 5.32 Å². The zero-order valence-corrected chi connectivity index (χ0v) is 13.2. The molecular formula is C14H18Cl3NO. The Morgan fingerprint density at radius 1 is 1.26 bits per heavy atom. The second kappa shape index (κ2) is 8.13. The van der Waals surface area contributed by atoms with Gasteiger partial charge >= 0.3 is 0 Å². The molecule has 0 aromatic heterocycles. The van der Waals surface area contributed by atoms with E-state index in [1.54, 1.807) is 7.11 Å². The maximum Gasteiger partial charge on any atom is 0.0679 e. The average molecular weight is 323 g/mol. The normalized spacial score (nSPS) is 15.9. The van der Waals surface area contributed by atoms with Gasteiger partial charge in [0.05, 0.1) is 16.7 Å². The van der Waals surface area contributed by atoms with Crippen LogP contribution in [0, 0.1) is 0 Å². The molecule has 0 atom stereocenters. The van der Waals surface area contributed by atoms with Crippen LogP contribution >= 0.6 is 35.6 Å². The van der Waals surface area contributed by atoms with Crippen molar-refractivity contribution in [3.8, 4) is 0 Å². The Bertz CT molecular complexity index is 460. The van der Waals surface area contributed by atoms with Crippen LogP contribution < -0.4 is 5.32 Å². The van der Waals surface area contributed by atoms with Gasteiger partial charge in [0.15, 0.2) is 0 Å². The molecule has 0 spiro atoms. The molecule has 0 amide bonds. The molecule has 1 N–H and O–H groups in total. The maximum atomic E-state index is 6.09. The highest BCUT2D eigenvalue weighted by molar-refractivity contribution is 6.42. The molecule has 0 fully saturated rings. The van der Waals surface area contributed by atoms with Gasteiger partial charge in [-0.25, -0.2) is 0 Å². The molecule has 2 rings (SSSR count). The zero-order chi connectivity index (χ0) is 13.0. The molecule has 5 heteroatoms. The van der Waals surface area contributed by atoms with Gasteiger partial charge in [0.2, 0.25) is 0 Å². The third kappa shape index (κ3) is 4.37. The summed E-state index contributed by atoms with van der Waals surface area (Å²) in [5, 5.41) is 4.62. The number of rotatable bonds is 3. The highest BCUT2D eigenvalue weighted by Crippen LogP contribution is 2.29. The summed E-state index contributed by atoms with van der Waals surface area (Å²) < 4.78 is 5.30. The lowest BCUT2D eigenvalue weighted by molar-refractivity contribution is 0.223. The fourth-order valence-electron chi connectivity index (χ4n) is 2.24. The van der Waals surface area contributed by atoms with Crippen molar-refractivity contribution in [2.75, 3.05) is 26.8 Å². The number of methoxy groups -OCH3 is 1. The molecule has 0 bridgehead atoms. The zero-order valence-electron chi connectivity index (χ0n) is 10.8. The molecule has 1 aliphatic rings. The van der Waals surface area contributed by atoms with E-state index in [0.29, 0.717) is 16.7 Å². The Hall–Kier alpha value is -0.250. The van der Waals surface area contributed by atoms with Gasteiger partial charge < -0.3 is 10.1 Å². The van der Waals surface area contributed by atoms with Crippen LogP contribution in [0.25, 0.3) is 5.57 Å². The molecule has 106 valence electrons. The van der Waals surface area contributed by atoms with Crippen LogP contribution in [0.5, 0.6) is 0 Å². The minimum atomic E-state index is 0. The summed E-state index contributed by atoms with van der Waals surface area (Å²) >= 11 is 12.1. The minimum absolute atomic E-state index is 0. The van der Waals surface area contributed by atoms with E-state index in [-0.39, 0.29) is 12.4 Å².